The van der Waals surface area contributed by atoms with Gasteiger partial charge < -0.3 is 5.32 Å². The van der Waals surface area contributed by atoms with E-state index in [9.17, 15) is 14.9 Å². The molecule has 2 rings (SSSR count). The SMILES string of the molecule is O=C(/C=C/c1ccccc1[N+](=O)[O-])Nc1cccc(I)c1. The highest BCUT2D eigenvalue weighted by atomic mass is 127. The zero-order chi connectivity index (χ0) is 15.2. The molecule has 0 aromatic heterocycles. The molecule has 2 aromatic rings. The summed E-state index contributed by atoms with van der Waals surface area (Å²) >= 11 is 2.15. The van der Waals surface area contributed by atoms with Crippen LogP contribution in [0.15, 0.2) is 54.6 Å². The monoisotopic (exact) mass is 394 g/mol. The molecule has 1 amide bonds. The highest BCUT2D eigenvalue weighted by Crippen LogP contribution is 2.19. The number of para-hydroxylation sites is 1. The molecule has 0 saturated carbocycles. The number of hydrogen-bond acceptors (Lipinski definition) is 3. The Bertz CT molecular complexity index is 714. The molecule has 0 aliphatic rings. The van der Waals surface area contributed by atoms with E-state index in [0.717, 1.165) is 3.57 Å². The van der Waals surface area contributed by atoms with E-state index < -0.39 is 4.92 Å². The third kappa shape index (κ3) is 4.38. The van der Waals surface area contributed by atoms with Crippen molar-refractivity contribution in [2.75, 3.05) is 5.32 Å². The van der Waals surface area contributed by atoms with Crippen LogP contribution in [-0.4, -0.2) is 10.8 Å². The van der Waals surface area contributed by atoms with E-state index in [1.54, 1.807) is 24.3 Å². The summed E-state index contributed by atoms with van der Waals surface area (Å²) in [6.07, 6.45) is 2.71. The second kappa shape index (κ2) is 6.98. The topological polar surface area (TPSA) is 72.2 Å². The van der Waals surface area contributed by atoms with Gasteiger partial charge in [-0.2, -0.15) is 0 Å². The number of nitro groups is 1. The van der Waals surface area contributed by atoms with Crippen LogP contribution in [0.25, 0.3) is 6.08 Å². The second-order valence-electron chi connectivity index (χ2n) is 4.15. The van der Waals surface area contributed by atoms with Gasteiger partial charge in [-0.1, -0.05) is 18.2 Å². The molecule has 1 N–H and O–H groups in total. The van der Waals surface area contributed by atoms with Gasteiger partial charge in [0, 0.05) is 21.4 Å². The Morgan fingerprint density at radius 3 is 2.67 bits per heavy atom. The lowest BCUT2D eigenvalue weighted by molar-refractivity contribution is -0.385. The number of nitrogens with zero attached hydrogens (tertiary/aromatic N) is 1. The third-order valence-electron chi connectivity index (χ3n) is 2.64. The number of amides is 1. The quantitative estimate of drug-likeness (QED) is 0.371. The van der Waals surface area contributed by atoms with Crippen molar-refractivity contribution in [3.63, 3.8) is 0 Å². The van der Waals surface area contributed by atoms with Gasteiger partial charge in [0.25, 0.3) is 5.69 Å². The lowest BCUT2D eigenvalue weighted by Crippen LogP contribution is -2.07. The Morgan fingerprint density at radius 1 is 1.19 bits per heavy atom. The van der Waals surface area contributed by atoms with Crippen LogP contribution in [0.1, 0.15) is 5.56 Å². The fraction of sp³-hybridized carbons (Fsp3) is 0. The van der Waals surface area contributed by atoms with Crippen molar-refractivity contribution in [3.8, 4) is 0 Å². The molecule has 0 heterocycles. The first kappa shape index (κ1) is 15.2. The summed E-state index contributed by atoms with van der Waals surface area (Å²) in [7, 11) is 0. The maximum absolute atomic E-state index is 11.8. The maximum Gasteiger partial charge on any atom is 0.276 e. The Labute approximate surface area is 135 Å². The highest BCUT2D eigenvalue weighted by molar-refractivity contribution is 14.1. The zero-order valence-corrected chi connectivity index (χ0v) is 13.0. The van der Waals surface area contributed by atoms with E-state index in [1.165, 1.54) is 18.2 Å². The van der Waals surface area contributed by atoms with Gasteiger partial charge in [0.15, 0.2) is 0 Å². The van der Waals surface area contributed by atoms with E-state index in [0.29, 0.717) is 11.3 Å². The first-order valence-electron chi connectivity index (χ1n) is 6.04. The van der Waals surface area contributed by atoms with Crippen LogP contribution in [0.2, 0.25) is 0 Å². The predicted molar refractivity (Wildman–Crippen MR) is 89.9 cm³/mol. The lowest BCUT2D eigenvalue weighted by atomic mass is 10.1. The normalized spacial score (nSPS) is 10.5. The molecule has 0 radical (unpaired) electrons. The minimum absolute atomic E-state index is 0.0317. The van der Waals surface area contributed by atoms with Gasteiger partial charge in [-0.3, -0.25) is 14.9 Å². The van der Waals surface area contributed by atoms with Gasteiger partial charge in [0.2, 0.25) is 5.91 Å². The average Bonchev–Trinajstić information content (AvgIpc) is 2.45. The number of halogens is 1. The molecule has 0 aliphatic carbocycles. The Hall–Kier alpha value is -2.22. The molecule has 0 bridgehead atoms. The van der Waals surface area contributed by atoms with Crippen LogP contribution in [0, 0.1) is 13.7 Å². The summed E-state index contributed by atoms with van der Waals surface area (Å²) in [4.78, 5) is 22.2. The average molecular weight is 394 g/mol. The number of nitro benzene ring substituents is 1. The molecule has 5 nitrogen and oxygen atoms in total. The molecule has 106 valence electrons. The van der Waals surface area contributed by atoms with Crippen LogP contribution >= 0.6 is 22.6 Å². The second-order valence-corrected chi connectivity index (χ2v) is 5.39. The number of carbonyl (C=O) groups excluding carboxylic acids is 1. The maximum atomic E-state index is 11.8. The minimum atomic E-state index is -0.475. The van der Waals surface area contributed by atoms with E-state index in [1.807, 2.05) is 18.2 Å². The van der Waals surface area contributed by atoms with E-state index in [-0.39, 0.29) is 11.6 Å². The van der Waals surface area contributed by atoms with E-state index >= 15 is 0 Å². The molecule has 2 aromatic carbocycles. The van der Waals surface area contributed by atoms with Gasteiger partial charge >= 0.3 is 0 Å². The van der Waals surface area contributed by atoms with Gasteiger partial charge in [-0.15, -0.1) is 0 Å². The summed E-state index contributed by atoms with van der Waals surface area (Å²) < 4.78 is 1.01. The Kier molecular flexibility index (Phi) is 5.04. The largest absolute Gasteiger partial charge is 0.322 e. The zero-order valence-electron chi connectivity index (χ0n) is 10.8. The Morgan fingerprint density at radius 2 is 1.95 bits per heavy atom. The van der Waals surface area contributed by atoms with Gasteiger partial charge in [0.1, 0.15) is 0 Å². The highest BCUT2D eigenvalue weighted by Gasteiger charge is 2.09. The fourth-order valence-corrected chi connectivity index (χ4v) is 2.25. The lowest BCUT2D eigenvalue weighted by Gasteiger charge is -2.02. The van der Waals surface area contributed by atoms with E-state index in [2.05, 4.69) is 27.9 Å². The van der Waals surface area contributed by atoms with E-state index in [4.69, 9.17) is 0 Å². The number of carbonyl (C=O) groups is 1. The minimum Gasteiger partial charge on any atom is -0.322 e. The van der Waals surface area contributed by atoms with Crippen molar-refractivity contribution in [2.45, 2.75) is 0 Å². The summed E-state index contributed by atoms with van der Waals surface area (Å²) in [5, 5.41) is 13.6. The summed E-state index contributed by atoms with van der Waals surface area (Å²) in [6.45, 7) is 0. The van der Waals surface area contributed by atoms with Gasteiger partial charge in [-0.25, -0.2) is 0 Å². The van der Waals surface area contributed by atoms with Crippen LogP contribution in [0.3, 0.4) is 0 Å². The van der Waals surface area contributed by atoms with Gasteiger partial charge in [-0.05, 0) is 52.9 Å². The van der Waals surface area contributed by atoms with Gasteiger partial charge in [0.05, 0.1) is 10.5 Å². The molecule has 21 heavy (non-hydrogen) atoms. The number of rotatable bonds is 4. The molecule has 0 saturated heterocycles. The Balaban J connectivity index is 2.11. The molecule has 6 heteroatoms. The number of hydrogen-bond donors (Lipinski definition) is 1. The molecule has 0 unspecified atom stereocenters. The van der Waals surface area contributed by atoms with Crippen molar-refractivity contribution in [1.29, 1.82) is 0 Å². The number of benzene rings is 2. The predicted octanol–water partition coefficient (Wildman–Crippen LogP) is 3.85. The molecule has 0 atom stereocenters. The van der Waals surface area contributed by atoms with Crippen molar-refractivity contribution >= 4 is 45.9 Å². The summed E-state index contributed by atoms with van der Waals surface area (Å²) in [5.74, 6) is -0.338. The van der Waals surface area contributed by atoms with Crippen molar-refractivity contribution in [2.24, 2.45) is 0 Å². The molecule has 0 spiro atoms. The van der Waals surface area contributed by atoms with Crippen LogP contribution < -0.4 is 5.32 Å². The van der Waals surface area contributed by atoms with Crippen LogP contribution in [-0.2, 0) is 4.79 Å². The smallest absolute Gasteiger partial charge is 0.276 e. The van der Waals surface area contributed by atoms with Crippen molar-refractivity contribution < 1.29 is 9.72 Å². The van der Waals surface area contributed by atoms with Crippen molar-refractivity contribution in [1.82, 2.24) is 0 Å². The van der Waals surface area contributed by atoms with Crippen molar-refractivity contribution in [3.05, 3.63) is 73.9 Å². The van der Waals surface area contributed by atoms with Crippen LogP contribution in [0.5, 0.6) is 0 Å². The molecule has 0 fully saturated rings. The standard InChI is InChI=1S/C15H11IN2O3/c16-12-5-3-6-13(10-12)17-15(19)9-8-11-4-1-2-7-14(11)18(20)21/h1-10H,(H,17,19)/b9-8+. The molecular weight excluding hydrogens is 383 g/mol. The molecule has 0 aliphatic heterocycles. The van der Waals surface area contributed by atoms with Crippen LogP contribution in [0.4, 0.5) is 11.4 Å². The molecular formula is C15H11IN2O3. The number of nitrogens with one attached hydrogen (secondary N) is 1. The third-order valence-corrected chi connectivity index (χ3v) is 3.31. The summed E-state index contributed by atoms with van der Waals surface area (Å²) in [6, 6.07) is 13.6. The number of anilines is 1. The first-order chi connectivity index (χ1) is 10.1. The summed E-state index contributed by atoms with van der Waals surface area (Å²) in [5.41, 5.74) is 1.04. The fourth-order valence-electron chi connectivity index (χ4n) is 1.71. The first-order valence-corrected chi connectivity index (χ1v) is 7.12.